The molecular formula is C20H23F2N5O3. The molecule has 2 heterocycles. The summed E-state index contributed by atoms with van der Waals surface area (Å²) in [6.07, 6.45) is 4.15. The molecule has 1 aliphatic heterocycles. The largest absolute Gasteiger partial charge is 0.497 e. The highest BCUT2D eigenvalue weighted by Gasteiger charge is 2.32. The average molecular weight is 419 g/mol. The van der Waals surface area contributed by atoms with Crippen LogP contribution < -0.4 is 19.8 Å². The summed E-state index contributed by atoms with van der Waals surface area (Å²) in [5.74, 6) is -1.67. The van der Waals surface area contributed by atoms with Crippen LogP contribution in [0.25, 0.3) is 0 Å². The lowest BCUT2D eigenvalue weighted by molar-refractivity contribution is -0.0102. The maximum Gasteiger partial charge on any atom is 0.291 e. The summed E-state index contributed by atoms with van der Waals surface area (Å²) < 4.78 is 37.5. The number of aromatic nitrogens is 2. The van der Waals surface area contributed by atoms with E-state index in [9.17, 15) is 13.6 Å². The fourth-order valence-corrected chi connectivity index (χ4v) is 3.04. The van der Waals surface area contributed by atoms with Crippen LogP contribution >= 0.6 is 0 Å². The number of hydrazone groups is 1. The smallest absolute Gasteiger partial charge is 0.291 e. The van der Waals surface area contributed by atoms with Gasteiger partial charge in [-0.25, -0.2) is 19.2 Å². The van der Waals surface area contributed by atoms with E-state index in [0.29, 0.717) is 35.8 Å². The predicted molar refractivity (Wildman–Crippen MR) is 108 cm³/mol. The van der Waals surface area contributed by atoms with Crippen LogP contribution in [-0.2, 0) is 0 Å². The van der Waals surface area contributed by atoms with E-state index in [0.717, 1.165) is 0 Å². The summed E-state index contributed by atoms with van der Waals surface area (Å²) in [7, 11) is 3.07. The molecule has 1 amide bonds. The number of hydrogen-bond acceptors (Lipinski definition) is 7. The maximum atomic E-state index is 13.6. The molecule has 1 fully saturated rings. The molecule has 0 aliphatic carbocycles. The average Bonchev–Trinajstić information content (AvgIpc) is 2.93. The molecule has 1 saturated heterocycles. The first-order valence-electron chi connectivity index (χ1n) is 9.41. The molecule has 1 aromatic carbocycles. The number of benzene rings is 1. The Balaban J connectivity index is 1.66. The van der Waals surface area contributed by atoms with E-state index in [1.807, 2.05) is 0 Å². The summed E-state index contributed by atoms with van der Waals surface area (Å²) >= 11 is 0. The summed E-state index contributed by atoms with van der Waals surface area (Å²) in [5.41, 5.74) is 3.09. The Morgan fingerprint density at radius 3 is 2.60 bits per heavy atom. The Morgan fingerprint density at radius 2 is 1.90 bits per heavy atom. The molecule has 1 aliphatic rings. The van der Waals surface area contributed by atoms with Gasteiger partial charge in [0.2, 0.25) is 5.92 Å². The number of hydrogen-bond donors (Lipinski definition) is 1. The van der Waals surface area contributed by atoms with Crippen LogP contribution in [0.4, 0.5) is 14.6 Å². The standard InChI is InChI=1S/C20H23F2N5O3/c1-29-15-8-14(9-16(10-15)30-2)11-24-26-19(28)17-12-23-13-18(25-17)27-6-3-4-20(21,22)5-7-27/h8-13H,3-7H2,1-2H3,(H,26,28). The Morgan fingerprint density at radius 1 is 1.17 bits per heavy atom. The van der Waals surface area contributed by atoms with Crippen molar-refractivity contribution in [2.45, 2.75) is 25.2 Å². The first-order valence-corrected chi connectivity index (χ1v) is 9.41. The normalized spacial score (nSPS) is 16.2. The number of nitrogens with one attached hydrogen (secondary N) is 1. The van der Waals surface area contributed by atoms with Crippen molar-refractivity contribution in [2.24, 2.45) is 5.10 Å². The molecule has 0 atom stereocenters. The topological polar surface area (TPSA) is 88.9 Å². The zero-order chi connectivity index (χ0) is 21.6. The van der Waals surface area contributed by atoms with Crippen LogP contribution in [-0.4, -0.2) is 55.3 Å². The number of anilines is 1. The second-order valence-electron chi connectivity index (χ2n) is 6.80. The third-order valence-corrected chi connectivity index (χ3v) is 4.65. The number of ether oxygens (including phenoxy) is 2. The van der Waals surface area contributed by atoms with Gasteiger partial charge in [0.1, 0.15) is 17.3 Å². The lowest BCUT2D eigenvalue weighted by Gasteiger charge is -2.21. The highest BCUT2D eigenvalue weighted by atomic mass is 19.3. The molecular weight excluding hydrogens is 396 g/mol. The molecule has 0 radical (unpaired) electrons. The molecule has 2 aromatic rings. The Hall–Kier alpha value is -3.30. The molecule has 1 N–H and O–H groups in total. The van der Waals surface area contributed by atoms with Crippen LogP contribution in [0, 0.1) is 0 Å². The van der Waals surface area contributed by atoms with Crippen molar-refractivity contribution in [3.8, 4) is 11.5 Å². The van der Waals surface area contributed by atoms with E-state index in [1.54, 1.807) is 23.1 Å². The molecule has 0 saturated carbocycles. The fraction of sp³-hybridized carbons (Fsp3) is 0.400. The monoisotopic (exact) mass is 419 g/mol. The van der Waals surface area contributed by atoms with E-state index in [-0.39, 0.29) is 25.1 Å². The zero-order valence-electron chi connectivity index (χ0n) is 16.8. The Kier molecular flexibility index (Phi) is 6.76. The van der Waals surface area contributed by atoms with Crippen molar-refractivity contribution < 1.29 is 23.0 Å². The quantitative estimate of drug-likeness (QED) is 0.572. The second kappa shape index (κ2) is 9.47. The molecule has 10 heteroatoms. The lowest BCUT2D eigenvalue weighted by Crippen LogP contribution is -2.28. The first kappa shape index (κ1) is 21.4. The number of carbonyl (C=O) groups excluding carboxylic acids is 1. The van der Waals surface area contributed by atoms with E-state index >= 15 is 0 Å². The molecule has 0 spiro atoms. The molecule has 0 unspecified atom stereocenters. The van der Waals surface area contributed by atoms with Crippen molar-refractivity contribution >= 4 is 17.9 Å². The van der Waals surface area contributed by atoms with Gasteiger partial charge in [-0.05, 0) is 18.6 Å². The van der Waals surface area contributed by atoms with Gasteiger partial charge < -0.3 is 14.4 Å². The van der Waals surface area contributed by atoms with E-state index in [4.69, 9.17) is 9.47 Å². The number of alkyl halides is 2. The highest BCUT2D eigenvalue weighted by Crippen LogP contribution is 2.29. The van der Waals surface area contributed by atoms with Crippen molar-refractivity contribution in [3.63, 3.8) is 0 Å². The predicted octanol–water partition coefficient (Wildman–Crippen LogP) is 2.88. The van der Waals surface area contributed by atoms with Crippen LogP contribution in [0.5, 0.6) is 11.5 Å². The summed E-state index contributed by atoms with van der Waals surface area (Å²) in [6.45, 7) is 0.591. The number of carbonyl (C=O) groups is 1. The van der Waals surface area contributed by atoms with Crippen LogP contribution in [0.15, 0.2) is 35.7 Å². The fourth-order valence-electron chi connectivity index (χ4n) is 3.04. The molecule has 8 nitrogen and oxygen atoms in total. The van der Waals surface area contributed by atoms with Gasteiger partial charge in [-0.3, -0.25) is 9.78 Å². The van der Waals surface area contributed by atoms with Gasteiger partial charge >= 0.3 is 0 Å². The Bertz CT molecular complexity index is 901. The zero-order valence-corrected chi connectivity index (χ0v) is 16.8. The highest BCUT2D eigenvalue weighted by molar-refractivity contribution is 5.93. The van der Waals surface area contributed by atoms with Crippen LogP contribution in [0.3, 0.4) is 0 Å². The minimum absolute atomic E-state index is 0.0453. The number of rotatable bonds is 6. The molecule has 30 heavy (non-hydrogen) atoms. The molecule has 3 rings (SSSR count). The second-order valence-corrected chi connectivity index (χ2v) is 6.80. The number of amides is 1. The maximum absolute atomic E-state index is 13.6. The third-order valence-electron chi connectivity index (χ3n) is 4.65. The van der Waals surface area contributed by atoms with Crippen molar-refractivity contribution in [1.82, 2.24) is 15.4 Å². The van der Waals surface area contributed by atoms with Crippen LogP contribution in [0.2, 0.25) is 0 Å². The van der Waals surface area contributed by atoms with Gasteiger partial charge in [0.15, 0.2) is 5.69 Å². The molecule has 1 aromatic heterocycles. The van der Waals surface area contributed by atoms with E-state index in [1.165, 1.54) is 32.8 Å². The van der Waals surface area contributed by atoms with Crippen molar-refractivity contribution in [1.29, 1.82) is 0 Å². The van der Waals surface area contributed by atoms with Gasteiger partial charge in [-0.2, -0.15) is 5.10 Å². The van der Waals surface area contributed by atoms with Crippen LogP contribution in [0.1, 0.15) is 35.3 Å². The minimum atomic E-state index is -2.67. The summed E-state index contributed by atoms with van der Waals surface area (Å²) in [6, 6.07) is 5.18. The SMILES string of the molecule is COc1cc(C=NNC(=O)c2cncc(N3CCCC(F)(F)CC3)n2)cc(OC)c1. The van der Waals surface area contributed by atoms with Gasteiger partial charge in [0.05, 0.1) is 32.8 Å². The first-order chi connectivity index (χ1) is 14.4. The van der Waals surface area contributed by atoms with E-state index in [2.05, 4.69) is 20.5 Å². The summed E-state index contributed by atoms with van der Waals surface area (Å²) in [5, 5.41) is 3.93. The number of methoxy groups -OCH3 is 2. The molecule has 160 valence electrons. The van der Waals surface area contributed by atoms with Gasteiger partial charge in [0.25, 0.3) is 5.91 Å². The number of nitrogens with zero attached hydrogens (tertiary/aromatic N) is 4. The lowest BCUT2D eigenvalue weighted by atomic mass is 10.1. The van der Waals surface area contributed by atoms with Gasteiger partial charge in [-0.15, -0.1) is 0 Å². The summed E-state index contributed by atoms with van der Waals surface area (Å²) in [4.78, 5) is 22.4. The minimum Gasteiger partial charge on any atom is -0.497 e. The van der Waals surface area contributed by atoms with Gasteiger partial charge in [-0.1, -0.05) is 0 Å². The van der Waals surface area contributed by atoms with Crippen molar-refractivity contribution in [2.75, 3.05) is 32.2 Å². The third kappa shape index (κ3) is 5.62. The van der Waals surface area contributed by atoms with Crippen molar-refractivity contribution in [3.05, 3.63) is 41.9 Å². The van der Waals surface area contributed by atoms with E-state index < -0.39 is 11.8 Å². The number of halogens is 2. The Labute approximate surface area is 172 Å². The molecule has 0 bridgehead atoms. The van der Waals surface area contributed by atoms with Gasteiger partial charge in [0, 0.05) is 37.6 Å².